The number of ether oxygens (including phenoxy) is 1. The van der Waals surface area contributed by atoms with E-state index in [0.29, 0.717) is 5.69 Å². The van der Waals surface area contributed by atoms with Crippen LogP contribution in [0.1, 0.15) is 27.8 Å². The predicted molar refractivity (Wildman–Crippen MR) is 69.1 cm³/mol. The fourth-order valence-corrected chi connectivity index (χ4v) is 1.48. The van der Waals surface area contributed by atoms with Gasteiger partial charge in [-0.25, -0.2) is 9.59 Å². The molecule has 2 aromatic rings. The summed E-state index contributed by atoms with van der Waals surface area (Å²) in [6.07, 6.45) is 1.17. The summed E-state index contributed by atoms with van der Waals surface area (Å²) in [6, 6.07) is 6.21. The van der Waals surface area contributed by atoms with Gasteiger partial charge < -0.3 is 19.6 Å². The van der Waals surface area contributed by atoms with E-state index >= 15 is 0 Å². The molecule has 0 aliphatic rings. The number of carbonyl (C=O) groups excluding carboxylic acids is 1. The molecule has 7 heteroatoms. The normalized spacial score (nSPS) is 10.1. The van der Waals surface area contributed by atoms with E-state index in [0.717, 1.165) is 0 Å². The summed E-state index contributed by atoms with van der Waals surface area (Å²) in [6.45, 7) is 1.93. The van der Waals surface area contributed by atoms with Crippen LogP contribution in [-0.4, -0.2) is 28.6 Å². The zero-order valence-corrected chi connectivity index (χ0v) is 10.6. The third-order valence-corrected chi connectivity index (χ3v) is 2.35. The molecule has 2 rings (SSSR count). The van der Waals surface area contributed by atoms with Crippen molar-refractivity contribution < 1.29 is 23.8 Å². The molecule has 1 aromatic heterocycles. The average Bonchev–Trinajstić information content (AvgIpc) is 2.88. The Bertz CT molecular complexity index is 635. The third kappa shape index (κ3) is 3.14. The highest BCUT2D eigenvalue weighted by molar-refractivity contribution is 5.89. The first-order chi connectivity index (χ1) is 9.60. The standard InChI is InChI=1S/C13H12N2O5/c1-2-19-12(18)10-7-20-13(15-10)14-9-5-3-4-8(6-9)11(16)17/h3-7H,2H2,1H3,(H,14,15)(H,16,17). The second kappa shape index (κ2) is 5.87. The summed E-state index contributed by atoms with van der Waals surface area (Å²) in [5.41, 5.74) is 0.665. The predicted octanol–water partition coefficient (Wildman–Crippen LogP) is 2.29. The zero-order valence-electron chi connectivity index (χ0n) is 10.6. The number of aromatic carboxylic acids is 1. The number of esters is 1. The fourth-order valence-electron chi connectivity index (χ4n) is 1.48. The van der Waals surface area contributed by atoms with Crippen LogP contribution in [0.15, 0.2) is 34.9 Å². The minimum atomic E-state index is -1.03. The van der Waals surface area contributed by atoms with E-state index in [2.05, 4.69) is 10.3 Å². The van der Waals surface area contributed by atoms with Gasteiger partial charge in [0.2, 0.25) is 0 Å². The Labute approximate surface area is 114 Å². The van der Waals surface area contributed by atoms with Crippen molar-refractivity contribution in [2.75, 3.05) is 11.9 Å². The van der Waals surface area contributed by atoms with E-state index in [1.54, 1.807) is 19.1 Å². The van der Waals surface area contributed by atoms with Crippen molar-refractivity contribution >= 4 is 23.6 Å². The molecule has 0 atom stereocenters. The minimum absolute atomic E-state index is 0.0451. The molecule has 104 valence electrons. The molecule has 7 nitrogen and oxygen atoms in total. The topological polar surface area (TPSA) is 102 Å². The molecule has 2 N–H and O–H groups in total. The summed E-state index contributed by atoms with van der Waals surface area (Å²) >= 11 is 0. The number of carboxylic acids is 1. The number of nitrogens with one attached hydrogen (secondary N) is 1. The summed E-state index contributed by atoms with van der Waals surface area (Å²) < 4.78 is 9.84. The first-order valence-electron chi connectivity index (χ1n) is 5.83. The molecule has 0 bridgehead atoms. The highest BCUT2D eigenvalue weighted by Crippen LogP contribution is 2.17. The highest BCUT2D eigenvalue weighted by atomic mass is 16.5. The van der Waals surface area contributed by atoms with E-state index in [-0.39, 0.29) is 23.9 Å². The van der Waals surface area contributed by atoms with Gasteiger partial charge >= 0.3 is 11.9 Å². The number of hydrogen-bond acceptors (Lipinski definition) is 6. The van der Waals surface area contributed by atoms with Crippen LogP contribution in [0.4, 0.5) is 11.7 Å². The molecule has 0 spiro atoms. The summed E-state index contributed by atoms with van der Waals surface area (Å²) in [7, 11) is 0. The first kappa shape index (κ1) is 13.6. The molecule has 0 radical (unpaired) electrons. The van der Waals surface area contributed by atoms with Crippen LogP contribution in [0.5, 0.6) is 0 Å². The highest BCUT2D eigenvalue weighted by Gasteiger charge is 2.13. The van der Waals surface area contributed by atoms with Crippen molar-refractivity contribution in [1.29, 1.82) is 0 Å². The molecule has 1 aromatic carbocycles. The van der Waals surface area contributed by atoms with Gasteiger partial charge in [0, 0.05) is 5.69 Å². The van der Waals surface area contributed by atoms with Crippen LogP contribution in [-0.2, 0) is 4.74 Å². The molecular formula is C13H12N2O5. The van der Waals surface area contributed by atoms with Crippen LogP contribution < -0.4 is 5.32 Å². The Morgan fingerprint density at radius 3 is 2.95 bits per heavy atom. The molecule has 0 fully saturated rings. The van der Waals surface area contributed by atoms with Crippen molar-refractivity contribution in [3.05, 3.63) is 41.8 Å². The van der Waals surface area contributed by atoms with Gasteiger partial charge in [0.25, 0.3) is 6.01 Å². The lowest BCUT2D eigenvalue weighted by Crippen LogP contribution is -2.05. The summed E-state index contributed by atoms with van der Waals surface area (Å²) in [5, 5.41) is 11.7. The smallest absolute Gasteiger partial charge is 0.360 e. The molecule has 20 heavy (non-hydrogen) atoms. The monoisotopic (exact) mass is 276 g/mol. The Balaban J connectivity index is 2.12. The van der Waals surface area contributed by atoms with Gasteiger partial charge in [-0.2, -0.15) is 4.98 Å². The van der Waals surface area contributed by atoms with E-state index in [4.69, 9.17) is 14.3 Å². The van der Waals surface area contributed by atoms with Crippen LogP contribution in [0.3, 0.4) is 0 Å². The second-order valence-electron chi connectivity index (χ2n) is 3.77. The minimum Gasteiger partial charge on any atom is -0.478 e. The maximum absolute atomic E-state index is 11.4. The molecule has 0 aliphatic carbocycles. The second-order valence-corrected chi connectivity index (χ2v) is 3.77. The van der Waals surface area contributed by atoms with Gasteiger partial charge in [0.1, 0.15) is 6.26 Å². The molecular weight excluding hydrogens is 264 g/mol. The van der Waals surface area contributed by atoms with Crippen LogP contribution >= 0.6 is 0 Å². The maximum Gasteiger partial charge on any atom is 0.360 e. The number of hydrogen-bond donors (Lipinski definition) is 2. The van der Waals surface area contributed by atoms with E-state index in [1.165, 1.54) is 18.4 Å². The van der Waals surface area contributed by atoms with Gasteiger partial charge in [-0.3, -0.25) is 0 Å². The lowest BCUT2D eigenvalue weighted by molar-refractivity contribution is 0.0519. The number of carbonyl (C=O) groups is 2. The maximum atomic E-state index is 11.4. The number of anilines is 2. The molecule has 1 heterocycles. The number of rotatable bonds is 5. The number of nitrogens with zero attached hydrogens (tertiary/aromatic N) is 1. The van der Waals surface area contributed by atoms with Gasteiger partial charge in [0.15, 0.2) is 5.69 Å². The Hall–Kier alpha value is -2.83. The molecule has 0 amide bonds. The molecule has 0 aliphatic heterocycles. The first-order valence-corrected chi connectivity index (χ1v) is 5.83. The third-order valence-electron chi connectivity index (χ3n) is 2.35. The van der Waals surface area contributed by atoms with Crippen LogP contribution in [0, 0.1) is 0 Å². The van der Waals surface area contributed by atoms with Crippen molar-refractivity contribution in [3.63, 3.8) is 0 Å². The number of aromatic nitrogens is 1. The average molecular weight is 276 g/mol. The van der Waals surface area contributed by atoms with Gasteiger partial charge in [0.05, 0.1) is 12.2 Å². The Kier molecular flexibility index (Phi) is 3.99. The van der Waals surface area contributed by atoms with Gasteiger partial charge in [-0.05, 0) is 25.1 Å². The lowest BCUT2D eigenvalue weighted by atomic mass is 10.2. The quantitative estimate of drug-likeness (QED) is 0.808. The van der Waals surface area contributed by atoms with E-state index in [1.807, 2.05) is 0 Å². The summed E-state index contributed by atoms with van der Waals surface area (Å²) in [4.78, 5) is 26.1. The largest absolute Gasteiger partial charge is 0.478 e. The lowest BCUT2D eigenvalue weighted by Gasteiger charge is -2.02. The van der Waals surface area contributed by atoms with E-state index < -0.39 is 11.9 Å². The molecule has 0 saturated carbocycles. The number of benzene rings is 1. The van der Waals surface area contributed by atoms with Crippen LogP contribution in [0.25, 0.3) is 0 Å². The molecule has 0 unspecified atom stereocenters. The SMILES string of the molecule is CCOC(=O)c1coc(Nc2cccc(C(=O)O)c2)n1. The van der Waals surface area contributed by atoms with Gasteiger partial charge in [-0.1, -0.05) is 6.07 Å². The summed E-state index contributed by atoms with van der Waals surface area (Å²) in [5.74, 6) is -1.61. The van der Waals surface area contributed by atoms with Crippen molar-refractivity contribution in [2.24, 2.45) is 0 Å². The van der Waals surface area contributed by atoms with E-state index in [9.17, 15) is 9.59 Å². The number of carboxylic acid groups (broad SMARTS) is 1. The van der Waals surface area contributed by atoms with Gasteiger partial charge in [-0.15, -0.1) is 0 Å². The van der Waals surface area contributed by atoms with Crippen molar-refractivity contribution in [3.8, 4) is 0 Å². The van der Waals surface area contributed by atoms with Crippen molar-refractivity contribution in [2.45, 2.75) is 6.92 Å². The fraction of sp³-hybridized carbons (Fsp3) is 0.154. The Morgan fingerprint density at radius 2 is 2.25 bits per heavy atom. The van der Waals surface area contributed by atoms with Crippen LogP contribution in [0.2, 0.25) is 0 Å². The Morgan fingerprint density at radius 1 is 1.45 bits per heavy atom. The van der Waals surface area contributed by atoms with Crippen molar-refractivity contribution in [1.82, 2.24) is 4.98 Å². The number of oxazole rings is 1. The molecule has 0 saturated heterocycles. The zero-order chi connectivity index (χ0) is 14.5.